The van der Waals surface area contributed by atoms with E-state index in [2.05, 4.69) is 27.1 Å². The van der Waals surface area contributed by atoms with Gasteiger partial charge in [-0.1, -0.05) is 0 Å². The van der Waals surface area contributed by atoms with Gasteiger partial charge in [-0.2, -0.15) is 0 Å². The van der Waals surface area contributed by atoms with E-state index < -0.39 is 0 Å². The van der Waals surface area contributed by atoms with Gasteiger partial charge >= 0.3 is 0 Å². The van der Waals surface area contributed by atoms with Gasteiger partial charge in [-0.3, -0.25) is 4.79 Å². The first kappa shape index (κ1) is 16.3. The molecule has 2 aromatic rings. The van der Waals surface area contributed by atoms with Crippen molar-refractivity contribution in [2.45, 2.75) is 0 Å². The van der Waals surface area contributed by atoms with E-state index in [0.717, 1.165) is 37.6 Å². The molecule has 1 aromatic heterocycles. The Labute approximate surface area is 142 Å². The maximum atomic E-state index is 12.2. The molecule has 0 aliphatic carbocycles. The van der Waals surface area contributed by atoms with Crippen molar-refractivity contribution in [3.63, 3.8) is 0 Å². The summed E-state index contributed by atoms with van der Waals surface area (Å²) < 4.78 is 5.09. The van der Waals surface area contributed by atoms with Crippen LogP contribution in [0.1, 0.15) is 10.4 Å². The van der Waals surface area contributed by atoms with E-state index in [1.807, 2.05) is 18.3 Å². The Bertz CT molecular complexity index is 677. The number of hydrogen-bond acceptors (Lipinski definition) is 5. The number of benzene rings is 1. The Balaban J connectivity index is 1.62. The molecule has 0 bridgehead atoms. The molecule has 0 radical (unpaired) electrons. The number of piperazine rings is 1. The van der Waals surface area contributed by atoms with Gasteiger partial charge in [0.25, 0.3) is 5.91 Å². The van der Waals surface area contributed by atoms with Crippen LogP contribution in [0.25, 0.3) is 0 Å². The Morgan fingerprint density at radius 1 is 1.08 bits per heavy atom. The normalized spacial score (nSPS) is 15.2. The minimum absolute atomic E-state index is 0.183. The molecular formula is C18H22N4O2. The highest BCUT2D eigenvalue weighted by Crippen LogP contribution is 2.18. The van der Waals surface area contributed by atoms with Gasteiger partial charge < -0.3 is 19.9 Å². The number of pyridine rings is 1. The lowest BCUT2D eigenvalue weighted by Gasteiger charge is -2.33. The second-order valence-electron chi connectivity index (χ2n) is 5.87. The van der Waals surface area contributed by atoms with Gasteiger partial charge in [-0.15, -0.1) is 0 Å². The molecule has 1 saturated heterocycles. The predicted octanol–water partition coefficient (Wildman–Crippen LogP) is 2.09. The fourth-order valence-electron chi connectivity index (χ4n) is 2.64. The summed E-state index contributed by atoms with van der Waals surface area (Å²) in [7, 11) is 3.73. The second-order valence-corrected chi connectivity index (χ2v) is 5.87. The topological polar surface area (TPSA) is 57.7 Å². The number of methoxy groups -OCH3 is 1. The lowest BCUT2D eigenvalue weighted by Crippen LogP contribution is -2.44. The van der Waals surface area contributed by atoms with Crippen molar-refractivity contribution in [1.82, 2.24) is 9.88 Å². The number of likely N-dealkylation sites (N-methyl/N-ethyl adjacent to an activating group) is 1. The Morgan fingerprint density at radius 2 is 1.79 bits per heavy atom. The van der Waals surface area contributed by atoms with Crippen molar-refractivity contribution in [3.05, 3.63) is 48.2 Å². The van der Waals surface area contributed by atoms with Gasteiger partial charge in [0.1, 0.15) is 11.6 Å². The summed E-state index contributed by atoms with van der Waals surface area (Å²) in [6.45, 7) is 4.09. The molecule has 1 aromatic carbocycles. The molecule has 126 valence electrons. The van der Waals surface area contributed by atoms with E-state index in [1.165, 1.54) is 0 Å². The third-order valence-electron chi connectivity index (χ3n) is 4.21. The fourth-order valence-corrected chi connectivity index (χ4v) is 2.64. The third kappa shape index (κ3) is 3.83. The summed E-state index contributed by atoms with van der Waals surface area (Å²) in [5, 5.41) is 2.82. The molecule has 6 nitrogen and oxygen atoms in total. The SMILES string of the molecule is COc1ccc(C(=O)Nc2ccc(N3CCN(C)CC3)cn2)cc1. The van der Waals surface area contributed by atoms with Crippen LogP contribution in [0, 0.1) is 0 Å². The minimum atomic E-state index is -0.183. The van der Waals surface area contributed by atoms with Crippen LogP contribution < -0.4 is 15.0 Å². The van der Waals surface area contributed by atoms with Crippen LogP contribution in [0.4, 0.5) is 11.5 Å². The number of nitrogens with zero attached hydrogens (tertiary/aromatic N) is 3. The molecule has 6 heteroatoms. The molecule has 3 rings (SSSR count). The number of ether oxygens (including phenoxy) is 1. The lowest BCUT2D eigenvalue weighted by molar-refractivity contribution is 0.102. The van der Waals surface area contributed by atoms with E-state index >= 15 is 0 Å². The number of rotatable bonds is 4. The molecule has 2 heterocycles. The zero-order valence-electron chi connectivity index (χ0n) is 14.0. The first-order chi connectivity index (χ1) is 11.7. The van der Waals surface area contributed by atoms with Crippen molar-refractivity contribution in [1.29, 1.82) is 0 Å². The highest BCUT2D eigenvalue weighted by atomic mass is 16.5. The van der Waals surface area contributed by atoms with Crippen molar-refractivity contribution < 1.29 is 9.53 Å². The largest absolute Gasteiger partial charge is 0.497 e. The first-order valence-electron chi connectivity index (χ1n) is 8.00. The van der Waals surface area contributed by atoms with Crippen LogP contribution in [0.15, 0.2) is 42.6 Å². The molecule has 1 aliphatic rings. The van der Waals surface area contributed by atoms with Crippen molar-refractivity contribution in [2.24, 2.45) is 0 Å². The molecule has 0 saturated carbocycles. The van der Waals surface area contributed by atoms with Crippen LogP contribution in [-0.4, -0.2) is 56.1 Å². The standard InChI is InChI=1S/C18H22N4O2/c1-21-9-11-22(12-10-21)15-5-8-17(19-13-15)20-18(23)14-3-6-16(24-2)7-4-14/h3-8,13H,9-12H2,1-2H3,(H,19,20,23). The molecule has 24 heavy (non-hydrogen) atoms. The molecular weight excluding hydrogens is 304 g/mol. The zero-order chi connectivity index (χ0) is 16.9. The monoisotopic (exact) mass is 326 g/mol. The minimum Gasteiger partial charge on any atom is -0.497 e. The Hall–Kier alpha value is -2.60. The molecule has 1 N–H and O–H groups in total. The van der Waals surface area contributed by atoms with Crippen LogP contribution in [-0.2, 0) is 0 Å². The Morgan fingerprint density at radius 3 is 2.38 bits per heavy atom. The summed E-state index contributed by atoms with van der Waals surface area (Å²) >= 11 is 0. The quantitative estimate of drug-likeness (QED) is 0.932. The number of hydrogen-bond donors (Lipinski definition) is 1. The molecule has 0 atom stereocenters. The highest BCUT2D eigenvalue weighted by Gasteiger charge is 2.14. The van der Waals surface area contributed by atoms with Gasteiger partial charge in [0, 0.05) is 31.7 Å². The molecule has 1 amide bonds. The molecule has 1 aliphatic heterocycles. The van der Waals surface area contributed by atoms with Crippen molar-refractivity contribution in [2.75, 3.05) is 50.6 Å². The number of nitrogens with one attached hydrogen (secondary N) is 1. The van der Waals surface area contributed by atoms with E-state index in [0.29, 0.717) is 11.4 Å². The summed E-state index contributed by atoms with van der Waals surface area (Å²) in [6, 6.07) is 10.8. The van der Waals surface area contributed by atoms with Crippen LogP contribution in [0.2, 0.25) is 0 Å². The summed E-state index contributed by atoms with van der Waals surface area (Å²) in [6.07, 6.45) is 1.81. The summed E-state index contributed by atoms with van der Waals surface area (Å²) in [4.78, 5) is 21.2. The van der Waals surface area contributed by atoms with Crippen molar-refractivity contribution in [3.8, 4) is 5.75 Å². The van der Waals surface area contributed by atoms with Gasteiger partial charge in [0.05, 0.1) is 19.0 Å². The second kappa shape index (κ2) is 7.31. The van der Waals surface area contributed by atoms with Crippen LogP contribution in [0.5, 0.6) is 5.75 Å². The smallest absolute Gasteiger partial charge is 0.256 e. The van der Waals surface area contributed by atoms with Gasteiger partial charge in [-0.25, -0.2) is 4.98 Å². The first-order valence-corrected chi connectivity index (χ1v) is 8.00. The van der Waals surface area contributed by atoms with E-state index in [1.54, 1.807) is 31.4 Å². The third-order valence-corrected chi connectivity index (χ3v) is 4.21. The highest BCUT2D eigenvalue weighted by molar-refractivity contribution is 6.03. The van der Waals surface area contributed by atoms with Crippen LogP contribution in [0.3, 0.4) is 0 Å². The van der Waals surface area contributed by atoms with E-state index in [4.69, 9.17) is 4.74 Å². The van der Waals surface area contributed by atoms with E-state index in [9.17, 15) is 4.79 Å². The van der Waals surface area contributed by atoms with Gasteiger partial charge in [0.2, 0.25) is 0 Å². The van der Waals surface area contributed by atoms with Gasteiger partial charge in [0.15, 0.2) is 0 Å². The zero-order valence-corrected chi connectivity index (χ0v) is 14.0. The number of aromatic nitrogens is 1. The average Bonchev–Trinajstić information content (AvgIpc) is 2.63. The Kier molecular flexibility index (Phi) is 4.96. The van der Waals surface area contributed by atoms with E-state index in [-0.39, 0.29) is 5.91 Å². The lowest BCUT2D eigenvalue weighted by atomic mass is 10.2. The maximum absolute atomic E-state index is 12.2. The summed E-state index contributed by atoms with van der Waals surface area (Å²) in [5.74, 6) is 1.09. The van der Waals surface area contributed by atoms with Gasteiger partial charge in [-0.05, 0) is 43.4 Å². The maximum Gasteiger partial charge on any atom is 0.256 e. The number of carbonyl (C=O) groups excluding carboxylic acids is 1. The van der Waals surface area contributed by atoms with Crippen LogP contribution >= 0.6 is 0 Å². The predicted molar refractivity (Wildman–Crippen MR) is 94.9 cm³/mol. The molecule has 0 unspecified atom stereocenters. The van der Waals surface area contributed by atoms with Crippen molar-refractivity contribution >= 4 is 17.4 Å². The molecule has 0 spiro atoms. The summed E-state index contributed by atoms with van der Waals surface area (Å²) in [5.41, 5.74) is 1.66. The number of carbonyl (C=O) groups is 1. The number of anilines is 2. The molecule has 1 fully saturated rings. The fraction of sp³-hybridized carbons (Fsp3) is 0.333. The average molecular weight is 326 g/mol. The number of amides is 1.